The Morgan fingerprint density at radius 2 is 2.07 bits per heavy atom. The minimum Gasteiger partial charge on any atom is -0.419 e. The van der Waals surface area contributed by atoms with Crippen molar-refractivity contribution < 1.29 is 4.42 Å². The standard InChI is InChI=1S/C19H16ClN5OS2/c1-11(17-22-23-18(26-17)12-4-2-5-13(20)10-12)28-19-24-21-16(15-6-3-9-27-15)25(19)14-7-8-14/h2-6,9-11,14H,7-8H2,1H3/t11-/m1/s1. The van der Waals surface area contributed by atoms with Crippen LogP contribution in [-0.2, 0) is 0 Å². The van der Waals surface area contributed by atoms with Crippen LogP contribution in [-0.4, -0.2) is 25.0 Å². The predicted octanol–water partition coefficient (Wildman–Crippen LogP) is 5.90. The van der Waals surface area contributed by atoms with Gasteiger partial charge in [0.05, 0.1) is 10.1 Å². The first-order valence-corrected chi connectivity index (χ1v) is 11.1. The van der Waals surface area contributed by atoms with E-state index in [2.05, 4.69) is 36.4 Å². The highest BCUT2D eigenvalue weighted by atomic mass is 35.5. The van der Waals surface area contributed by atoms with Crippen LogP contribution in [0.4, 0.5) is 0 Å². The van der Waals surface area contributed by atoms with Gasteiger partial charge in [0, 0.05) is 16.6 Å². The molecule has 0 aliphatic heterocycles. The Hall–Kier alpha value is -2.16. The van der Waals surface area contributed by atoms with E-state index in [1.54, 1.807) is 23.1 Å². The Morgan fingerprint density at radius 3 is 2.82 bits per heavy atom. The Morgan fingerprint density at radius 1 is 1.18 bits per heavy atom. The Kier molecular flexibility index (Phi) is 4.70. The Labute approximate surface area is 175 Å². The predicted molar refractivity (Wildman–Crippen MR) is 111 cm³/mol. The maximum atomic E-state index is 6.06. The molecule has 0 radical (unpaired) electrons. The van der Waals surface area contributed by atoms with Crippen molar-refractivity contribution in [3.8, 4) is 22.2 Å². The molecule has 28 heavy (non-hydrogen) atoms. The third kappa shape index (κ3) is 3.47. The summed E-state index contributed by atoms with van der Waals surface area (Å²) in [5.74, 6) is 1.97. The van der Waals surface area contributed by atoms with Crippen LogP contribution >= 0.6 is 34.7 Å². The molecule has 0 saturated heterocycles. The van der Waals surface area contributed by atoms with Crippen LogP contribution in [0.15, 0.2) is 51.4 Å². The lowest BCUT2D eigenvalue weighted by Crippen LogP contribution is -2.00. The zero-order valence-corrected chi connectivity index (χ0v) is 17.3. The molecule has 5 rings (SSSR count). The summed E-state index contributed by atoms with van der Waals surface area (Å²) in [4.78, 5) is 1.14. The molecule has 0 N–H and O–H groups in total. The van der Waals surface area contributed by atoms with Crippen molar-refractivity contribution in [3.05, 3.63) is 52.7 Å². The number of aromatic nitrogens is 5. The van der Waals surface area contributed by atoms with Gasteiger partial charge in [-0.3, -0.25) is 4.57 Å². The highest BCUT2D eigenvalue weighted by molar-refractivity contribution is 7.99. The summed E-state index contributed by atoms with van der Waals surface area (Å²) >= 11 is 9.33. The van der Waals surface area contributed by atoms with Gasteiger partial charge in [0.15, 0.2) is 11.0 Å². The minimum atomic E-state index is -0.0432. The zero-order chi connectivity index (χ0) is 19.1. The van der Waals surface area contributed by atoms with E-state index in [1.807, 2.05) is 37.3 Å². The SMILES string of the molecule is C[C@@H](Sc1nnc(-c2cccs2)n1C1CC1)c1nnc(-c2cccc(Cl)c2)o1. The minimum absolute atomic E-state index is 0.0432. The molecule has 1 aliphatic carbocycles. The summed E-state index contributed by atoms with van der Waals surface area (Å²) in [6, 6.07) is 12.0. The molecule has 1 saturated carbocycles. The smallest absolute Gasteiger partial charge is 0.247 e. The van der Waals surface area contributed by atoms with Crippen LogP contribution in [0.3, 0.4) is 0 Å². The van der Waals surface area contributed by atoms with E-state index >= 15 is 0 Å². The molecular weight excluding hydrogens is 414 g/mol. The molecular formula is C19H16ClN5OS2. The van der Waals surface area contributed by atoms with E-state index in [1.165, 1.54) is 0 Å². The Bertz CT molecular complexity index is 1100. The first-order valence-electron chi connectivity index (χ1n) is 8.94. The second-order valence-electron chi connectivity index (χ2n) is 6.60. The lowest BCUT2D eigenvalue weighted by molar-refractivity contribution is 0.508. The maximum Gasteiger partial charge on any atom is 0.247 e. The Balaban J connectivity index is 1.40. The van der Waals surface area contributed by atoms with Crippen molar-refractivity contribution in [3.63, 3.8) is 0 Å². The van der Waals surface area contributed by atoms with Crippen LogP contribution in [0.25, 0.3) is 22.2 Å². The van der Waals surface area contributed by atoms with Gasteiger partial charge >= 0.3 is 0 Å². The average Bonchev–Trinajstić information content (AvgIpc) is 3.12. The van der Waals surface area contributed by atoms with Gasteiger partial charge in [-0.25, -0.2) is 0 Å². The number of hydrogen-bond acceptors (Lipinski definition) is 7. The lowest BCUT2D eigenvalue weighted by atomic mass is 10.2. The molecule has 1 atom stereocenters. The second-order valence-corrected chi connectivity index (χ2v) is 9.29. The molecule has 9 heteroatoms. The monoisotopic (exact) mass is 429 g/mol. The van der Waals surface area contributed by atoms with Gasteiger partial charge in [0.25, 0.3) is 0 Å². The first kappa shape index (κ1) is 17.9. The number of thiophene rings is 1. The highest BCUT2D eigenvalue weighted by Gasteiger charge is 2.31. The van der Waals surface area contributed by atoms with Gasteiger partial charge < -0.3 is 4.42 Å². The summed E-state index contributed by atoms with van der Waals surface area (Å²) in [6.45, 7) is 2.04. The number of thioether (sulfide) groups is 1. The topological polar surface area (TPSA) is 69.6 Å². The first-order chi connectivity index (χ1) is 13.7. The van der Waals surface area contributed by atoms with E-state index in [4.69, 9.17) is 16.0 Å². The molecule has 0 bridgehead atoms. The van der Waals surface area contributed by atoms with Crippen LogP contribution in [0, 0.1) is 0 Å². The van der Waals surface area contributed by atoms with Crippen molar-refractivity contribution in [2.24, 2.45) is 0 Å². The molecule has 1 aromatic carbocycles. The number of rotatable bonds is 6. The van der Waals surface area contributed by atoms with Gasteiger partial charge in [-0.15, -0.1) is 31.7 Å². The molecule has 0 unspecified atom stereocenters. The van der Waals surface area contributed by atoms with E-state index in [-0.39, 0.29) is 5.25 Å². The van der Waals surface area contributed by atoms with Gasteiger partial charge in [-0.2, -0.15) is 0 Å². The van der Waals surface area contributed by atoms with Crippen LogP contribution in [0.1, 0.15) is 36.9 Å². The van der Waals surface area contributed by atoms with E-state index in [0.29, 0.717) is 22.8 Å². The van der Waals surface area contributed by atoms with E-state index < -0.39 is 0 Å². The molecule has 0 amide bonds. The third-order valence-electron chi connectivity index (χ3n) is 4.46. The number of benzene rings is 1. The fraction of sp³-hybridized carbons (Fsp3) is 0.263. The average molecular weight is 430 g/mol. The van der Waals surface area contributed by atoms with E-state index in [0.717, 1.165) is 34.3 Å². The summed E-state index contributed by atoms with van der Waals surface area (Å²) in [6.07, 6.45) is 2.33. The summed E-state index contributed by atoms with van der Waals surface area (Å²) in [7, 11) is 0. The highest BCUT2D eigenvalue weighted by Crippen LogP contribution is 2.44. The molecule has 3 heterocycles. The summed E-state index contributed by atoms with van der Waals surface area (Å²) in [5.41, 5.74) is 0.810. The second kappa shape index (κ2) is 7.35. The molecule has 1 fully saturated rings. The van der Waals surface area contributed by atoms with Gasteiger partial charge in [0.1, 0.15) is 0 Å². The number of nitrogens with zero attached hydrogens (tertiary/aromatic N) is 5. The maximum absolute atomic E-state index is 6.06. The zero-order valence-electron chi connectivity index (χ0n) is 14.9. The number of halogens is 1. The lowest BCUT2D eigenvalue weighted by Gasteiger charge is -2.10. The normalized spacial score (nSPS) is 15.1. The molecule has 0 spiro atoms. The van der Waals surface area contributed by atoms with Crippen LogP contribution in [0.5, 0.6) is 0 Å². The van der Waals surface area contributed by atoms with Gasteiger partial charge in [0.2, 0.25) is 11.8 Å². The van der Waals surface area contributed by atoms with Gasteiger partial charge in [-0.1, -0.05) is 35.5 Å². The van der Waals surface area contributed by atoms with E-state index in [9.17, 15) is 0 Å². The molecule has 6 nitrogen and oxygen atoms in total. The summed E-state index contributed by atoms with van der Waals surface area (Å²) in [5, 5.41) is 20.9. The molecule has 142 valence electrons. The van der Waals surface area contributed by atoms with Crippen LogP contribution in [0.2, 0.25) is 5.02 Å². The number of hydrogen-bond donors (Lipinski definition) is 0. The molecule has 1 aliphatic rings. The third-order valence-corrected chi connectivity index (χ3v) is 6.61. The fourth-order valence-electron chi connectivity index (χ4n) is 2.94. The quantitative estimate of drug-likeness (QED) is 0.355. The van der Waals surface area contributed by atoms with Crippen molar-refractivity contribution in [2.45, 2.75) is 36.2 Å². The fourth-order valence-corrected chi connectivity index (χ4v) is 4.78. The largest absolute Gasteiger partial charge is 0.419 e. The molecule has 3 aromatic heterocycles. The van der Waals surface area contributed by atoms with Crippen molar-refractivity contribution in [1.82, 2.24) is 25.0 Å². The summed E-state index contributed by atoms with van der Waals surface area (Å²) < 4.78 is 8.15. The van der Waals surface area contributed by atoms with Crippen molar-refractivity contribution in [1.29, 1.82) is 0 Å². The van der Waals surface area contributed by atoms with Crippen molar-refractivity contribution >= 4 is 34.7 Å². The molecule has 4 aromatic rings. The van der Waals surface area contributed by atoms with Crippen molar-refractivity contribution in [2.75, 3.05) is 0 Å². The van der Waals surface area contributed by atoms with Gasteiger partial charge in [-0.05, 0) is 49.4 Å². The van der Waals surface area contributed by atoms with Crippen LogP contribution < -0.4 is 0 Å².